The van der Waals surface area contributed by atoms with E-state index < -0.39 is 9.84 Å². The van der Waals surface area contributed by atoms with Crippen LogP contribution in [-0.4, -0.2) is 13.4 Å². The van der Waals surface area contributed by atoms with Gasteiger partial charge in [0.2, 0.25) is 9.84 Å². The Morgan fingerprint density at radius 2 is 1.83 bits per heavy atom. The summed E-state index contributed by atoms with van der Waals surface area (Å²) in [6.45, 7) is 1.90. The van der Waals surface area contributed by atoms with E-state index in [1.54, 1.807) is 36.4 Å². The highest BCUT2D eigenvalue weighted by Crippen LogP contribution is 2.23. The predicted molar refractivity (Wildman–Crippen MR) is 70.4 cm³/mol. The van der Waals surface area contributed by atoms with Gasteiger partial charge in [0.1, 0.15) is 0 Å². The molecule has 0 atom stereocenters. The Morgan fingerprint density at radius 1 is 1.17 bits per heavy atom. The van der Waals surface area contributed by atoms with Crippen molar-refractivity contribution in [2.24, 2.45) is 0 Å². The molecule has 0 amide bonds. The molecular weight excluding hydrogens is 270 g/mol. The summed E-state index contributed by atoms with van der Waals surface area (Å²) in [5.74, 6) is 0.119. The number of pyridine rings is 1. The molecule has 0 bridgehead atoms. The number of hydrogen-bond acceptors (Lipinski definition) is 3. The molecule has 0 aliphatic carbocycles. The van der Waals surface area contributed by atoms with Gasteiger partial charge < -0.3 is 0 Å². The van der Waals surface area contributed by atoms with Crippen LogP contribution in [0.4, 0.5) is 0 Å². The van der Waals surface area contributed by atoms with Crippen LogP contribution in [0.1, 0.15) is 11.1 Å². The molecule has 1 heterocycles. The van der Waals surface area contributed by atoms with Crippen molar-refractivity contribution in [1.82, 2.24) is 4.98 Å². The van der Waals surface area contributed by atoms with Gasteiger partial charge in [-0.1, -0.05) is 23.8 Å². The first-order valence-corrected chi connectivity index (χ1v) is 7.39. The lowest BCUT2D eigenvalue weighted by atomic mass is 10.2. The molecule has 2 rings (SSSR count). The summed E-state index contributed by atoms with van der Waals surface area (Å²) < 4.78 is 24.8. The molecule has 0 aliphatic rings. The van der Waals surface area contributed by atoms with Crippen LogP contribution in [0, 0.1) is 6.92 Å². The quantitative estimate of drug-likeness (QED) is 0.813. The fourth-order valence-corrected chi connectivity index (χ4v) is 3.29. The third-order valence-electron chi connectivity index (χ3n) is 2.58. The topological polar surface area (TPSA) is 47.0 Å². The number of rotatable bonds is 3. The van der Waals surface area contributed by atoms with Crippen LogP contribution >= 0.6 is 11.6 Å². The molecule has 18 heavy (non-hydrogen) atoms. The van der Waals surface area contributed by atoms with Gasteiger partial charge in [-0.25, -0.2) is 13.4 Å². The number of aromatic nitrogens is 1. The summed E-state index contributed by atoms with van der Waals surface area (Å²) in [5.41, 5.74) is 1.52. The summed E-state index contributed by atoms with van der Waals surface area (Å²) >= 11 is 5.75. The zero-order valence-electron chi connectivity index (χ0n) is 9.80. The fraction of sp³-hybridized carbons (Fsp3) is 0.154. The molecule has 0 saturated heterocycles. The van der Waals surface area contributed by atoms with Crippen molar-refractivity contribution in [2.75, 3.05) is 0 Å². The third-order valence-corrected chi connectivity index (χ3v) is 4.64. The standard InChI is InChI=1S/C13H12ClNO2S/c1-10-4-6-12(7-5-10)18(16,17)13-11(9-14)3-2-8-15-13/h2-8H,9H2,1H3. The Hall–Kier alpha value is -1.39. The Bertz CT molecular complexity index is 651. The van der Waals surface area contributed by atoms with Gasteiger partial charge in [-0.3, -0.25) is 0 Å². The lowest BCUT2D eigenvalue weighted by Crippen LogP contribution is -2.07. The van der Waals surface area contributed by atoms with Crippen molar-refractivity contribution in [2.45, 2.75) is 22.7 Å². The zero-order chi connectivity index (χ0) is 13.2. The first-order valence-electron chi connectivity index (χ1n) is 5.37. The average molecular weight is 282 g/mol. The molecule has 0 radical (unpaired) electrons. The minimum atomic E-state index is -3.59. The summed E-state index contributed by atoms with van der Waals surface area (Å²) in [7, 11) is -3.59. The van der Waals surface area contributed by atoms with Crippen LogP contribution in [0.3, 0.4) is 0 Å². The van der Waals surface area contributed by atoms with E-state index in [9.17, 15) is 8.42 Å². The molecule has 94 valence electrons. The molecular formula is C13H12ClNO2S. The van der Waals surface area contributed by atoms with Crippen LogP contribution in [0.2, 0.25) is 0 Å². The van der Waals surface area contributed by atoms with Crippen LogP contribution in [-0.2, 0) is 15.7 Å². The van der Waals surface area contributed by atoms with Crippen molar-refractivity contribution in [1.29, 1.82) is 0 Å². The van der Waals surface area contributed by atoms with E-state index in [2.05, 4.69) is 4.98 Å². The molecule has 0 unspecified atom stereocenters. The first-order chi connectivity index (χ1) is 8.55. The Balaban J connectivity index is 2.58. The molecule has 0 fully saturated rings. The third kappa shape index (κ3) is 2.40. The number of hydrogen-bond donors (Lipinski definition) is 0. The number of benzene rings is 1. The predicted octanol–water partition coefficient (Wildman–Crippen LogP) is 2.96. The highest BCUT2D eigenvalue weighted by molar-refractivity contribution is 7.91. The van der Waals surface area contributed by atoms with Gasteiger partial charge in [0, 0.05) is 11.8 Å². The van der Waals surface area contributed by atoms with E-state index in [0.29, 0.717) is 5.56 Å². The SMILES string of the molecule is Cc1ccc(S(=O)(=O)c2ncccc2CCl)cc1. The molecule has 2 aromatic rings. The van der Waals surface area contributed by atoms with Crippen LogP contribution < -0.4 is 0 Å². The molecule has 3 nitrogen and oxygen atoms in total. The van der Waals surface area contributed by atoms with Gasteiger partial charge >= 0.3 is 0 Å². The van der Waals surface area contributed by atoms with Crippen LogP contribution in [0.25, 0.3) is 0 Å². The second-order valence-corrected chi connectivity index (χ2v) is 6.05. The van der Waals surface area contributed by atoms with Crippen molar-refractivity contribution in [3.8, 4) is 0 Å². The Labute approximate surface area is 111 Å². The monoisotopic (exact) mass is 281 g/mol. The largest absolute Gasteiger partial charge is 0.244 e. The van der Waals surface area contributed by atoms with Crippen LogP contribution in [0.15, 0.2) is 52.5 Å². The second kappa shape index (κ2) is 5.08. The second-order valence-electron chi connectivity index (χ2n) is 3.92. The van der Waals surface area contributed by atoms with E-state index >= 15 is 0 Å². The van der Waals surface area contributed by atoms with Crippen molar-refractivity contribution in [3.05, 3.63) is 53.7 Å². The van der Waals surface area contributed by atoms with Gasteiger partial charge in [0.25, 0.3) is 0 Å². The molecule has 1 aromatic carbocycles. The molecule has 5 heteroatoms. The summed E-state index contributed by atoms with van der Waals surface area (Å²) in [4.78, 5) is 4.18. The van der Waals surface area contributed by atoms with Crippen molar-refractivity contribution >= 4 is 21.4 Å². The molecule has 1 aromatic heterocycles. The molecule has 0 saturated carbocycles. The maximum atomic E-state index is 12.4. The van der Waals surface area contributed by atoms with Gasteiger partial charge in [-0.15, -0.1) is 11.6 Å². The van der Waals surface area contributed by atoms with Crippen LogP contribution in [0.5, 0.6) is 0 Å². The highest BCUT2D eigenvalue weighted by atomic mass is 35.5. The van der Waals surface area contributed by atoms with E-state index in [0.717, 1.165) is 5.56 Å². The number of nitrogens with zero attached hydrogens (tertiary/aromatic N) is 1. The van der Waals surface area contributed by atoms with Gasteiger partial charge in [-0.05, 0) is 25.1 Å². The Kier molecular flexibility index (Phi) is 3.68. The van der Waals surface area contributed by atoms with E-state index in [4.69, 9.17) is 11.6 Å². The lowest BCUT2D eigenvalue weighted by molar-refractivity contribution is 0.591. The van der Waals surface area contributed by atoms with E-state index in [1.165, 1.54) is 6.20 Å². The van der Waals surface area contributed by atoms with Gasteiger partial charge in [0.15, 0.2) is 5.03 Å². The zero-order valence-corrected chi connectivity index (χ0v) is 11.4. The average Bonchev–Trinajstić information content (AvgIpc) is 2.39. The minimum absolute atomic E-state index is 0.0313. The summed E-state index contributed by atoms with van der Waals surface area (Å²) in [5, 5.41) is 0.0313. The summed E-state index contributed by atoms with van der Waals surface area (Å²) in [6, 6.07) is 10.0. The maximum Gasteiger partial charge on any atom is 0.224 e. The smallest absolute Gasteiger partial charge is 0.224 e. The Morgan fingerprint density at radius 3 is 2.44 bits per heavy atom. The van der Waals surface area contributed by atoms with E-state index in [1.807, 2.05) is 6.92 Å². The van der Waals surface area contributed by atoms with Gasteiger partial charge in [0.05, 0.1) is 10.8 Å². The van der Waals surface area contributed by atoms with Crippen molar-refractivity contribution < 1.29 is 8.42 Å². The number of sulfone groups is 1. The van der Waals surface area contributed by atoms with E-state index in [-0.39, 0.29) is 15.8 Å². The summed E-state index contributed by atoms with van der Waals surface area (Å²) in [6.07, 6.45) is 1.46. The maximum absolute atomic E-state index is 12.4. The minimum Gasteiger partial charge on any atom is -0.244 e. The fourth-order valence-electron chi connectivity index (χ4n) is 1.60. The molecule has 0 aliphatic heterocycles. The lowest BCUT2D eigenvalue weighted by Gasteiger charge is -2.07. The first kappa shape index (κ1) is 13.1. The molecule has 0 N–H and O–H groups in total. The van der Waals surface area contributed by atoms with Crippen molar-refractivity contribution in [3.63, 3.8) is 0 Å². The normalized spacial score (nSPS) is 11.4. The number of alkyl halides is 1. The number of halogens is 1. The van der Waals surface area contributed by atoms with Gasteiger partial charge in [-0.2, -0.15) is 0 Å². The number of aryl methyl sites for hydroxylation is 1. The molecule has 0 spiro atoms. The highest BCUT2D eigenvalue weighted by Gasteiger charge is 2.21.